The van der Waals surface area contributed by atoms with Gasteiger partial charge in [-0.05, 0) is 23.3 Å². The van der Waals surface area contributed by atoms with Crippen LogP contribution in [-0.4, -0.2) is 24.2 Å². The van der Waals surface area contributed by atoms with E-state index in [-0.39, 0.29) is 23.4 Å². The lowest BCUT2D eigenvalue weighted by molar-refractivity contribution is 0.0902. The first-order valence-corrected chi connectivity index (χ1v) is 9.91. The van der Waals surface area contributed by atoms with Gasteiger partial charge in [-0.1, -0.05) is 74.5 Å². The largest absolute Gasteiger partial charge is 0.446 e. The quantitative estimate of drug-likeness (QED) is 0.423. The lowest BCUT2D eigenvalue weighted by atomic mass is 10.0. The van der Waals surface area contributed by atoms with Crippen LogP contribution in [0.3, 0.4) is 0 Å². The third-order valence-electron chi connectivity index (χ3n) is 4.63. The molecule has 0 saturated carbocycles. The van der Waals surface area contributed by atoms with E-state index in [0.717, 1.165) is 11.1 Å². The fourth-order valence-corrected chi connectivity index (χ4v) is 2.79. The van der Waals surface area contributed by atoms with Gasteiger partial charge in [-0.3, -0.25) is 9.59 Å². The highest BCUT2D eigenvalue weighted by atomic mass is 16.4. The maximum absolute atomic E-state index is 12.2. The van der Waals surface area contributed by atoms with Crippen molar-refractivity contribution in [1.82, 2.24) is 10.9 Å². The SMILES string of the molecule is CC(/C=N/NC(=O)c1ccc(C(=O)N/N=C/C(C)c2ccccc2)o1)c1ccccc1. The van der Waals surface area contributed by atoms with Crippen molar-refractivity contribution in [2.75, 3.05) is 0 Å². The van der Waals surface area contributed by atoms with Crippen molar-refractivity contribution in [2.45, 2.75) is 25.7 Å². The van der Waals surface area contributed by atoms with Crippen molar-refractivity contribution in [2.24, 2.45) is 10.2 Å². The van der Waals surface area contributed by atoms with Gasteiger partial charge >= 0.3 is 11.8 Å². The number of hydrogen-bond acceptors (Lipinski definition) is 5. The molecule has 0 aliphatic heterocycles. The highest BCUT2D eigenvalue weighted by Gasteiger charge is 2.15. The van der Waals surface area contributed by atoms with Crippen LogP contribution in [0.15, 0.2) is 87.4 Å². The minimum Gasteiger partial charge on any atom is -0.446 e. The Morgan fingerprint density at radius 3 is 1.48 bits per heavy atom. The smallest absolute Gasteiger partial charge is 0.307 e. The summed E-state index contributed by atoms with van der Waals surface area (Å²) in [4.78, 5) is 24.4. The van der Waals surface area contributed by atoms with E-state index in [1.807, 2.05) is 74.5 Å². The van der Waals surface area contributed by atoms with Crippen LogP contribution >= 0.6 is 0 Å². The molecule has 7 nitrogen and oxygen atoms in total. The molecule has 0 aliphatic rings. The average Bonchev–Trinajstić information content (AvgIpc) is 3.30. The third-order valence-corrected chi connectivity index (χ3v) is 4.63. The van der Waals surface area contributed by atoms with E-state index >= 15 is 0 Å². The van der Waals surface area contributed by atoms with E-state index in [1.165, 1.54) is 12.1 Å². The molecule has 2 atom stereocenters. The Labute approximate surface area is 180 Å². The molecule has 0 aliphatic carbocycles. The van der Waals surface area contributed by atoms with Gasteiger partial charge in [-0.2, -0.15) is 10.2 Å². The second-order valence-electron chi connectivity index (χ2n) is 7.00. The zero-order chi connectivity index (χ0) is 22.1. The molecule has 3 rings (SSSR count). The minimum absolute atomic E-state index is 0.0173. The Kier molecular flexibility index (Phi) is 7.48. The summed E-state index contributed by atoms with van der Waals surface area (Å²) in [6, 6.07) is 22.4. The first-order valence-electron chi connectivity index (χ1n) is 9.91. The number of carbonyl (C=O) groups is 2. The molecule has 0 saturated heterocycles. The number of carbonyl (C=O) groups excluding carboxylic acids is 2. The predicted octanol–water partition coefficient (Wildman–Crippen LogP) is 4.32. The second-order valence-corrected chi connectivity index (χ2v) is 7.00. The standard InChI is InChI=1S/C24H24N4O3/c1-17(19-9-5-3-6-10-19)15-25-27-23(29)21-13-14-22(31-21)24(30)28-26-16-18(2)20-11-7-4-8-12-20/h3-18H,1-2H3,(H,27,29)(H,28,30)/b25-15+,26-16+. The van der Waals surface area contributed by atoms with E-state index in [1.54, 1.807) is 12.4 Å². The van der Waals surface area contributed by atoms with Crippen molar-refractivity contribution < 1.29 is 14.0 Å². The fourth-order valence-electron chi connectivity index (χ4n) is 2.79. The van der Waals surface area contributed by atoms with E-state index in [0.29, 0.717) is 0 Å². The molecule has 0 bridgehead atoms. The summed E-state index contributed by atoms with van der Waals surface area (Å²) in [5.74, 6) is -1.05. The van der Waals surface area contributed by atoms with Gasteiger partial charge in [0.25, 0.3) is 0 Å². The molecular weight excluding hydrogens is 392 g/mol. The molecule has 2 unspecified atom stereocenters. The summed E-state index contributed by atoms with van der Waals surface area (Å²) in [5, 5.41) is 7.93. The van der Waals surface area contributed by atoms with Gasteiger partial charge in [0, 0.05) is 24.3 Å². The van der Waals surface area contributed by atoms with Crippen molar-refractivity contribution in [3.05, 3.63) is 95.4 Å². The number of benzene rings is 2. The summed E-state index contributed by atoms with van der Waals surface area (Å²) >= 11 is 0. The molecule has 2 aromatic carbocycles. The second kappa shape index (κ2) is 10.7. The number of nitrogens with zero attached hydrogens (tertiary/aromatic N) is 2. The number of hydrazone groups is 2. The average molecular weight is 416 g/mol. The van der Waals surface area contributed by atoms with Crippen molar-refractivity contribution in [1.29, 1.82) is 0 Å². The van der Waals surface area contributed by atoms with Crippen LogP contribution in [0.5, 0.6) is 0 Å². The summed E-state index contributed by atoms with van der Waals surface area (Å²) in [6.45, 7) is 3.94. The van der Waals surface area contributed by atoms with Gasteiger partial charge in [0.15, 0.2) is 11.5 Å². The number of nitrogens with one attached hydrogen (secondary N) is 2. The monoisotopic (exact) mass is 416 g/mol. The summed E-state index contributed by atoms with van der Waals surface area (Å²) < 4.78 is 5.32. The van der Waals surface area contributed by atoms with Crippen LogP contribution < -0.4 is 10.9 Å². The van der Waals surface area contributed by atoms with Crippen LogP contribution in [0.2, 0.25) is 0 Å². The van der Waals surface area contributed by atoms with E-state index < -0.39 is 11.8 Å². The Balaban J connectivity index is 1.50. The molecule has 0 spiro atoms. The number of hydrogen-bond donors (Lipinski definition) is 2. The Morgan fingerprint density at radius 2 is 1.10 bits per heavy atom. The highest BCUT2D eigenvalue weighted by molar-refractivity contribution is 5.96. The Morgan fingerprint density at radius 1 is 0.710 bits per heavy atom. The number of amides is 2. The zero-order valence-electron chi connectivity index (χ0n) is 17.4. The number of furan rings is 1. The maximum Gasteiger partial charge on any atom is 0.307 e. The van der Waals surface area contributed by atoms with Gasteiger partial charge in [0.05, 0.1) is 0 Å². The van der Waals surface area contributed by atoms with Crippen LogP contribution in [0.1, 0.15) is 57.9 Å². The third kappa shape index (κ3) is 6.24. The van der Waals surface area contributed by atoms with Crippen LogP contribution in [0, 0.1) is 0 Å². The number of rotatable bonds is 8. The zero-order valence-corrected chi connectivity index (χ0v) is 17.4. The van der Waals surface area contributed by atoms with Gasteiger partial charge in [-0.25, -0.2) is 10.9 Å². The molecule has 158 valence electrons. The molecule has 1 heterocycles. The van der Waals surface area contributed by atoms with Gasteiger partial charge in [0.1, 0.15) is 0 Å². The van der Waals surface area contributed by atoms with Crippen LogP contribution in [-0.2, 0) is 0 Å². The molecule has 1 aromatic heterocycles. The maximum atomic E-state index is 12.2. The molecular formula is C24H24N4O3. The van der Waals surface area contributed by atoms with E-state index in [9.17, 15) is 9.59 Å². The van der Waals surface area contributed by atoms with Gasteiger partial charge < -0.3 is 4.42 Å². The van der Waals surface area contributed by atoms with Gasteiger partial charge in [0.2, 0.25) is 0 Å². The van der Waals surface area contributed by atoms with Crippen molar-refractivity contribution in [3.63, 3.8) is 0 Å². The van der Waals surface area contributed by atoms with Crippen molar-refractivity contribution >= 4 is 24.2 Å². The molecule has 7 heteroatoms. The van der Waals surface area contributed by atoms with Gasteiger partial charge in [-0.15, -0.1) is 0 Å². The molecule has 2 N–H and O–H groups in total. The fraction of sp³-hybridized carbons (Fsp3) is 0.167. The first kappa shape index (κ1) is 21.7. The Hall–Kier alpha value is -4.00. The summed E-state index contributed by atoms with van der Waals surface area (Å²) in [7, 11) is 0. The Bertz CT molecular complexity index is 975. The van der Waals surface area contributed by atoms with E-state index in [4.69, 9.17) is 4.42 Å². The van der Waals surface area contributed by atoms with Crippen molar-refractivity contribution in [3.8, 4) is 0 Å². The summed E-state index contributed by atoms with van der Waals surface area (Å²) in [5.41, 5.74) is 6.97. The first-order chi connectivity index (χ1) is 15.0. The van der Waals surface area contributed by atoms with Crippen LogP contribution in [0.25, 0.3) is 0 Å². The topological polar surface area (TPSA) is 96.1 Å². The minimum atomic E-state index is -0.545. The van der Waals surface area contributed by atoms with E-state index in [2.05, 4.69) is 21.1 Å². The normalized spacial score (nSPS) is 13.2. The highest BCUT2D eigenvalue weighted by Crippen LogP contribution is 2.13. The molecule has 31 heavy (non-hydrogen) atoms. The van der Waals surface area contributed by atoms with Crippen LogP contribution in [0.4, 0.5) is 0 Å². The summed E-state index contributed by atoms with van der Waals surface area (Å²) in [6.07, 6.45) is 3.26. The molecule has 0 radical (unpaired) electrons. The molecule has 2 amide bonds. The predicted molar refractivity (Wildman–Crippen MR) is 120 cm³/mol. The lowest BCUT2D eigenvalue weighted by Gasteiger charge is -2.05. The molecule has 0 fully saturated rings. The molecule has 3 aromatic rings. The lowest BCUT2D eigenvalue weighted by Crippen LogP contribution is -2.19.